The first-order chi connectivity index (χ1) is 9.58. The number of hydrogen-bond acceptors (Lipinski definition) is 6. The minimum atomic E-state index is -3.81. The Hall–Kier alpha value is -2.46. The number of hydrogen-bond donors (Lipinski definition) is 3. The molecule has 0 atom stereocenters. The Balaban J connectivity index is 1.98. The van der Waals surface area contributed by atoms with Crippen LogP contribution in [0.15, 0.2) is 35.7 Å². The topological polar surface area (TPSA) is 131 Å². The fraction of sp³-hybridized carbons (Fsp3) is 0.100. The molecule has 0 aliphatic rings. The van der Waals surface area contributed by atoms with Crippen LogP contribution in [-0.4, -0.2) is 33.0 Å². The molecular formula is C10H11N7O2S. The summed E-state index contributed by atoms with van der Waals surface area (Å²) in [7, 11) is -3.81. The Morgan fingerprint density at radius 3 is 3.00 bits per heavy atom. The monoisotopic (exact) mass is 293 g/mol. The summed E-state index contributed by atoms with van der Waals surface area (Å²) in [6, 6.07) is 5.12. The number of nitrogens with zero attached hydrogens (tertiary/aromatic N) is 4. The third-order valence-electron chi connectivity index (χ3n) is 2.66. The van der Waals surface area contributed by atoms with Gasteiger partial charge in [-0.15, -0.1) is 0 Å². The third-order valence-corrected chi connectivity index (χ3v) is 4.10. The molecule has 0 fully saturated rings. The molecule has 0 radical (unpaired) electrons. The lowest BCUT2D eigenvalue weighted by Crippen LogP contribution is -2.25. The van der Waals surface area contributed by atoms with Crippen LogP contribution < -0.4 is 10.5 Å². The van der Waals surface area contributed by atoms with Gasteiger partial charge in [-0.05, 0) is 12.1 Å². The quantitative estimate of drug-likeness (QED) is 0.595. The van der Waals surface area contributed by atoms with Gasteiger partial charge in [-0.25, -0.2) is 23.1 Å². The zero-order valence-electron chi connectivity index (χ0n) is 10.2. The fourth-order valence-corrected chi connectivity index (χ4v) is 3.00. The zero-order chi connectivity index (χ0) is 14.2. The molecule has 0 saturated carbocycles. The molecule has 9 nitrogen and oxygen atoms in total. The number of H-pyrrole nitrogens is 1. The SMILES string of the molecule is Nc1nc2ccccn2c1S(=O)(=O)NCc1ncn[nH]1. The normalized spacial score (nSPS) is 12.0. The largest absolute Gasteiger partial charge is 0.381 e. The van der Waals surface area contributed by atoms with Crippen LogP contribution in [0.4, 0.5) is 5.82 Å². The van der Waals surface area contributed by atoms with Crippen LogP contribution in [0.1, 0.15) is 5.82 Å². The lowest BCUT2D eigenvalue weighted by Gasteiger charge is -2.05. The molecule has 3 rings (SSSR count). The van der Waals surface area contributed by atoms with E-state index in [4.69, 9.17) is 5.73 Å². The summed E-state index contributed by atoms with van der Waals surface area (Å²) in [5.41, 5.74) is 6.16. The molecule has 0 bridgehead atoms. The Kier molecular flexibility index (Phi) is 2.88. The number of nitrogen functional groups attached to an aromatic ring is 1. The molecule has 3 heterocycles. The minimum Gasteiger partial charge on any atom is -0.381 e. The summed E-state index contributed by atoms with van der Waals surface area (Å²) >= 11 is 0. The van der Waals surface area contributed by atoms with Gasteiger partial charge < -0.3 is 5.73 Å². The van der Waals surface area contributed by atoms with Gasteiger partial charge in [0.2, 0.25) is 0 Å². The van der Waals surface area contributed by atoms with Crippen LogP contribution in [0.25, 0.3) is 5.65 Å². The first-order valence-corrected chi connectivity index (χ1v) is 7.13. The molecule has 3 aromatic rings. The number of pyridine rings is 1. The van der Waals surface area contributed by atoms with Crippen LogP contribution in [0.2, 0.25) is 0 Å². The molecule has 4 N–H and O–H groups in total. The van der Waals surface area contributed by atoms with Gasteiger partial charge >= 0.3 is 0 Å². The van der Waals surface area contributed by atoms with Gasteiger partial charge in [0.1, 0.15) is 17.8 Å². The molecule has 20 heavy (non-hydrogen) atoms. The van der Waals surface area contributed by atoms with Gasteiger partial charge in [0.05, 0.1) is 6.54 Å². The number of aromatic amines is 1. The lowest BCUT2D eigenvalue weighted by atomic mass is 10.5. The van der Waals surface area contributed by atoms with Gasteiger partial charge in [0.15, 0.2) is 10.8 Å². The summed E-state index contributed by atoms with van der Waals surface area (Å²) in [4.78, 5) is 7.85. The number of rotatable bonds is 4. The summed E-state index contributed by atoms with van der Waals surface area (Å²) in [6.45, 7) is -0.0121. The van der Waals surface area contributed by atoms with E-state index >= 15 is 0 Å². The van der Waals surface area contributed by atoms with Gasteiger partial charge in [0, 0.05) is 6.20 Å². The van der Waals surface area contributed by atoms with Crippen molar-refractivity contribution in [1.29, 1.82) is 0 Å². The first kappa shape index (κ1) is 12.6. The van der Waals surface area contributed by atoms with E-state index in [1.807, 2.05) is 0 Å². The maximum atomic E-state index is 12.3. The van der Waals surface area contributed by atoms with Gasteiger partial charge in [0.25, 0.3) is 10.0 Å². The molecule has 0 amide bonds. The molecule has 0 aliphatic carbocycles. The van der Waals surface area contributed by atoms with E-state index in [-0.39, 0.29) is 17.4 Å². The molecule has 0 unspecified atom stereocenters. The van der Waals surface area contributed by atoms with E-state index in [2.05, 4.69) is 24.9 Å². The molecule has 10 heteroatoms. The minimum absolute atomic E-state index is 0.0121. The van der Waals surface area contributed by atoms with E-state index in [1.54, 1.807) is 24.4 Å². The first-order valence-electron chi connectivity index (χ1n) is 5.64. The van der Waals surface area contributed by atoms with Gasteiger partial charge in [-0.1, -0.05) is 6.07 Å². The van der Waals surface area contributed by atoms with Crippen LogP contribution in [0, 0.1) is 0 Å². The number of fused-ring (bicyclic) bond motifs is 1. The van der Waals surface area contributed by atoms with Gasteiger partial charge in [-0.3, -0.25) is 9.50 Å². The molecule has 0 aliphatic heterocycles. The zero-order valence-corrected chi connectivity index (χ0v) is 11.0. The van der Waals surface area contributed by atoms with Crippen molar-refractivity contribution in [3.05, 3.63) is 36.5 Å². The maximum absolute atomic E-state index is 12.3. The number of sulfonamides is 1. The second-order valence-electron chi connectivity index (χ2n) is 3.99. The smallest absolute Gasteiger partial charge is 0.260 e. The van der Waals surface area contributed by atoms with Crippen molar-refractivity contribution in [3.63, 3.8) is 0 Å². The number of nitrogens with two attached hydrogens (primary N) is 1. The van der Waals surface area contributed by atoms with Crippen molar-refractivity contribution in [1.82, 2.24) is 29.3 Å². The molecule has 3 aromatic heterocycles. The standard InChI is InChI=1S/C10H11N7O2S/c11-9-10(17-4-2-1-3-8(17)15-9)20(18,19)14-5-7-12-6-13-16-7/h1-4,6,14H,5,11H2,(H,12,13,16). The van der Waals surface area contributed by atoms with Crippen molar-refractivity contribution in [3.8, 4) is 0 Å². The summed E-state index contributed by atoms with van der Waals surface area (Å²) in [6.07, 6.45) is 2.88. The van der Waals surface area contributed by atoms with E-state index in [0.717, 1.165) is 0 Å². The number of aromatic nitrogens is 5. The molecular weight excluding hydrogens is 282 g/mol. The van der Waals surface area contributed by atoms with Gasteiger partial charge in [-0.2, -0.15) is 5.10 Å². The second kappa shape index (κ2) is 4.58. The highest BCUT2D eigenvalue weighted by molar-refractivity contribution is 7.89. The average molecular weight is 293 g/mol. The second-order valence-corrected chi connectivity index (χ2v) is 5.67. The van der Waals surface area contributed by atoms with Crippen molar-refractivity contribution in [2.75, 3.05) is 5.73 Å². The maximum Gasteiger partial charge on any atom is 0.260 e. The number of anilines is 1. The van der Waals surface area contributed by atoms with Crippen molar-refractivity contribution in [2.24, 2.45) is 0 Å². The summed E-state index contributed by atoms with van der Waals surface area (Å²) in [5.74, 6) is 0.349. The fourth-order valence-electron chi connectivity index (χ4n) is 1.81. The van der Waals surface area contributed by atoms with Crippen LogP contribution in [-0.2, 0) is 16.6 Å². The third kappa shape index (κ3) is 2.10. The highest BCUT2D eigenvalue weighted by Gasteiger charge is 2.23. The molecule has 0 aromatic carbocycles. The Labute approximate surface area is 113 Å². The summed E-state index contributed by atoms with van der Waals surface area (Å²) in [5, 5.41) is 6.11. The summed E-state index contributed by atoms with van der Waals surface area (Å²) < 4.78 is 28.4. The Morgan fingerprint density at radius 2 is 2.25 bits per heavy atom. The van der Waals surface area contributed by atoms with Crippen molar-refractivity contribution < 1.29 is 8.42 Å². The van der Waals surface area contributed by atoms with Crippen LogP contribution >= 0.6 is 0 Å². The predicted octanol–water partition coefficient (Wildman–Crippen LogP) is -0.487. The van der Waals surface area contributed by atoms with Crippen LogP contribution in [0.3, 0.4) is 0 Å². The Morgan fingerprint density at radius 1 is 1.40 bits per heavy atom. The molecule has 0 saturated heterocycles. The number of imidazole rings is 1. The molecule has 0 spiro atoms. The van der Waals surface area contributed by atoms with E-state index < -0.39 is 10.0 Å². The number of nitrogens with one attached hydrogen (secondary N) is 2. The van der Waals surface area contributed by atoms with E-state index in [9.17, 15) is 8.42 Å². The van der Waals surface area contributed by atoms with Crippen molar-refractivity contribution >= 4 is 21.5 Å². The van der Waals surface area contributed by atoms with Crippen molar-refractivity contribution in [2.45, 2.75) is 11.6 Å². The van der Waals surface area contributed by atoms with E-state index in [0.29, 0.717) is 11.5 Å². The van der Waals surface area contributed by atoms with E-state index in [1.165, 1.54) is 10.7 Å². The highest BCUT2D eigenvalue weighted by atomic mass is 32.2. The predicted molar refractivity (Wildman–Crippen MR) is 70.0 cm³/mol. The lowest BCUT2D eigenvalue weighted by molar-refractivity contribution is 0.575. The highest BCUT2D eigenvalue weighted by Crippen LogP contribution is 2.19. The van der Waals surface area contributed by atoms with Crippen LogP contribution in [0.5, 0.6) is 0 Å². The average Bonchev–Trinajstić information content (AvgIpc) is 3.02. The molecule has 104 valence electrons. The Bertz CT molecular complexity index is 838.